The molecule has 9 heteroatoms. The van der Waals surface area contributed by atoms with E-state index in [1.165, 1.54) is 12.1 Å². The van der Waals surface area contributed by atoms with Crippen LogP contribution in [0.3, 0.4) is 0 Å². The van der Waals surface area contributed by atoms with Gasteiger partial charge >= 0.3 is 0 Å². The van der Waals surface area contributed by atoms with Crippen LogP contribution in [0, 0.1) is 5.82 Å². The average Bonchev–Trinajstić information content (AvgIpc) is 2.85. The molecule has 0 unspecified atom stereocenters. The molecule has 0 atom stereocenters. The van der Waals surface area contributed by atoms with E-state index in [2.05, 4.69) is 20.5 Å². The van der Waals surface area contributed by atoms with E-state index in [4.69, 9.17) is 0 Å². The third-order valence-electron chi connectivity index (χ3n) is 5.91. The number of benzene rings is 2. The largest absolute Gasteiger partial charge is 0.371 e. The van der Waals surface area contributed by atoms with E-state index >= 15 is 0 Å². The molecule has 4 rings (SSSR count). The zero-order valence-corrected chi connectivity index (χ0v) is 19.7. The number of sulfone groups is 1. The standard InChI is InChI=1S/C25H27FN4O3S/c1-2-34(32,33)22-10-8-21(9-11-22)30-15-12-19(13-16-30)29-25(31)23-7-4-14-27-24(23)28-20-6-3-5-18(26)17-20/h3-11,14,17,19H,2,12-13,15-16H2,1H3,(H,27,28)(H,29,31). The lowest BCUT2D eigenvalue weighted by molar-refractivity contribution is 0.0931. The van der Waals surface area contributed by atoms with Crippen LogP contribution in [0.5, 0.6) is 0 Å². The summed E-state index contributed by atoms with van der Waals surface area (Å²) in [6.45, 7) is 3.12. The van der Waals surface area contributed by atoms with Crippen molar-refractivity contribution < 1.29 is 17.6 Å². The minimum absolute atomic E-state index is 0.00529. The number of halogens is 1. The summed E-state index contributed by atoms with van der Waals surface area (Å²) in [7, 11) is -3.21. The highest BCUT2D eigenvalue weighted by Crippen LogP contribution is 2.24. The highest BCUT2D eigenvalue weighted by Gasteiger charge is 2.23. The Balaban J connectivity index is 1.36. The number of aromatic nitrogens is 1. The molecule has 0 bridgehead atoms. The number of carbonyl (C=O) groups excluding carboxylic acids is 1. The summed E-state index contributed by atoms with van der Waals surface area (Å²) in [5, 5.41) is 6.10. The Morgan fingerprint density at radius 3 is 2.50 bits per heavy atom. The summed E-state index contributed by atoms with van der Waals surface area (Å²) in [4.78, 5) is 19.7. The van der Waals surface area contributed by atoms with E-state index in [0.717, 1.165) is 31.6 Å². The van der Waals surface area contributed by atoms with Crippen molar-refractivity contribution >= 4 is 32.9 Å². The second-order valence-electron chi connectivity index (χ2n) is 8.17. The molecule has 1 aromatic heterocycles. The monoisotopic (exact) mass is 482 g/mol. The van der Waals surface area contributed by atoms with Crippen molar-refractivity contribution in [3.05, 3.63) is 78.2 Å². The van der Waals surface area contributed by atoms with Crippen LogP contribution in [-0.2, 0) is 9.84 Å². The summed E-state index contributed by atoms with van der Waals surface area (Å²) in [5.41, 5.74) is 1.87. The van der Waals surface area contributed by atoms with Crippen LogP contribution in [0.4, 0.5) is 21.6 Å². The molecule has 3 aromatic rings. The van der Waals surface area contributed by atoms with Gasteiger partial charge in [0.2, 0.25) is 0 Å². The number of carbonyl (C=O) groups is 1. The van der Waals surface area contributed by atoms with Crippen molar-refractivity contribution in [3.8, 4) is 0 Å². The number of rotatable bonds is 7. The maximum Gasteiger partial charge on any atom is 0.255 e. The fourth-order valence-corrected chi connectivity index (χ4v) is 4.85. The predicted octanol–water partition coefficient (Wildman–Crippen LogP) is 4.16. The SMILES string of the molecule is CCS(=O)(=O)c1ccc(N2CCC(NC(=O)c3cccnc3Nc3cccc(F)c3)CC2)cc1. The van der Waals surface area contributed by atoms with Gasteiger partial charge in [-0.25, -0.2) is 17.8 Å². The molecule has 1 saturated heterocycles. The van der Waals surface area contributed by atoms with Gasteiger partial charge < -0.3 is 15.5 Å². The molecule has 34 heavy (non-hydrogen) atoms. The minimum atomic E-state index is -3.21. The van der Waals surface area contributed by atoms with Gasteiger partial charge in [0.15, 0.2) is 9.84 Å². The molecule has 2 N–H and O–H groups in total. The molecule has 2 aromatic carbocycles. The Labute approximate surface area is 198 Å². The van der Waals surface area contributed by atoms with Crippen LogP contribution in [0.2, 0.25) is 0 Å². The molecular formula is C25H27FN4O3S. The van der Waals surface area contributed by atoms with Crippen LogP contribution in [-0.4, -0.2) is 44.2 Å². The summed E-state index contributed by atoms with van der Waals surface area (Å²) < 4.78 is 37.5. The highest BCUT2D eigenvalue weighted by molar-refractivity contribution is 7.91. The fraction of sp³-hybridized carbons (Fsp3) is 0.280. The predicted molar refractivity (Wildman–Crippen MR) is 131 cm³/mol. The first-order chi connectivity index (χ1) is 16.4. The van der Waals surface area contributed by atoms with Crippen LogP contribution in [0.15, 0.2) is 71.8 Å². The number of amides is 1. The molecular weight excluding hydrogens is 455 g/mol. The van der Waals surface area contributed by atoms with Crippen LogP contribution < -0.4 is 15.5 Å². The van der Waals surface area contributed by atoms with Gasteiger partial charge in [0.05, 0.1) is 16.2 Å². The molecule has 7 nitrogen and oxygen atoms in total. The first kappa shape index (κ1) is 23.7. The second-order valence-corrected chi connectivity index (χ2v) is 10.4. The smallest absolute Gasteiger partial charge is 0.255 e. The lowest BCUT2D eigenvalue weighted by atomic mass is 10.0. The molecule has 2 heterocycles. The summed E-state index contributed by atoms with van der Waals surface area (Å²) >= 11 is 0. The van der Waals surface area contributed by atoms with Gasteiger partial charge in [-0.3, -0.25) is 4.79 Å². The van der Waals surface area contributed by atoms with Gasteiger partial charge in [0, 0.05) is 36.7 Å². The molecule has 0 saturated carbocycles. The van der Waals surface area contributed by atoms with Crippen molar-refractivity contribution in [2.24, 2.45) is 0 Å². The molecule has 0 spiro atoms. The zero-order valence-electron chi connectivity index (χ0n) is 18.9. The molecule has 1 aliphatic rings. The van der Waals surface area contributed by atoms with E-state index in [9.17, 15) is 17.6 Å². The van der Waals surface area contributed by atoms with Crippen LogP contribution in [0.1, 0.15) is 30.1 Å². The summed E-state index contributed by atoms with van der Waals surface area (Å²) in [6.07, 6.45) is 3.09. The van der Waals surface area contributed by atoms with Crippen molar-refractivity contribution in [3.63, 3.8) is 0 Å². The highest BCUT2D eigenvalue weighted by atomic mass is 32.2. The Morgan fingerprint density at radius 1 is 1.09 bits per heavy atom. The summed E-state index contributed by atoms with van der Waals surface area (Å²) in [6, 6.07) is 16.3. The van der Waals surface area contributed by atoms with Gasteiger partial charge in [-0.05, 0) is 67.4 Å². The number of nitrogens with one attached hydrogen (secondary N) is 2. The molecule has 178 valence electrons. The van der Waals surface area contributed by atoms with Gasteiger partial charge in [0.1, 0.15) is 11.6 Å². The van der Waals surface area contributed by atoms with Gasteiger partial charge in [-0.1, -0.05) is 13.0 Å². The number of anilines is 3. The quantitative estimate of drug-likeness (QED) is 0.526. The molecule has 1 fully saturated rings. The zero-order chi connectivity index (χ0) is 24.1. The van der Waals surface area contributed by atoms with Gasteiger partial charge in [-0.2, -0.15) is 0 Å². The average molecular weight is 483 g/mol. The van der Waals surface area contributed by atoms with E-state index < -0.39 is 9.84 Å². The minimum Gasteiger partial charge on any atom is -0.371 e. The molecule has 1 aliphatic heterocycles. The van der Waals surface area contributed by atoms with Crippen molar-refractivity contribution in [2.75, 3.05) is 29.1 Å². The first-order valence-corrected chi connectivity index (χ1v) is 12.9. The number of hydrogen-bond donors (Lipinski definition) is 2. The number of piperidine rings is 1. The Kier molecular flexibility index (Phi) is 7.12. The van der Waals surface area contributed by atoms with Gasteiger partial charge in [0.25, 0.3) is 5.91 Å². The molecule has 0 radical (unpaired) electrons. The summed E-state index contributed by atoms with van der Waals surface area (Å²) in [5.74, 6) is -0.168. The van der Waals surface area contributed by atoms with Crippen molar-refractivity contribution in [1.82, 2.24) is 10.3 Å². The third kappa shape index (κ3) is 5.53. The van der Waals surface area contributed by atoms with E-state index in [-0.39, 0.29) is 23.5 Å². The van der Waals surface area contributed by atoms with Crippen molar-refractivity contribution in [2.45, 2.75) is 30.7 Å². The molecule has 1 amide bonds. The number of nitrogens with zero attached hydrogens (tertiary/aromatic N) is 2. The third-order valence-corrected chi connectivity index (χ3v) is 7.66. The maximum absolute atomic E-state index is 13.5. The number of pyridine rings is 1. The Hall–Kier alpha value is -3.46. The fourth-order valence-electron chi connectivity index (χ4n) is 3.97. The lowest BCUT2D eigenvalue weighted by Crippen LogP contribution is -2.44. The normalized spacial score (nSPS) is 14.6. The molecule has 0 aliphatic carbocycles. The number of hydrogen-bond acceptors (Lipinski definition) is 6. The Morgan fingerprint density at radius 2 is 1.82 bits per heavy atom. The van der Waals surface area contributed by atoms with E-state index in [0.29, 0.717) is 22.0 Å². The van der Waals surface area contributed by atoms with Gasteiger partial charge in [-0.15, -0.1) is 0 Å². The van der Waals surface area contributed by atoms with Crippen LogP contribution >= 0.6 is 0 Å². The lowest BCUT2D eigenvalue weighted by Gasteiger charge is -2.34. The Bertz CT molecular complexity index is 1260. The first-order valence-electron chi connectivity index (χ1n) is 11.2. The van der Waals surface area contributed by atoms with E-state index in [1.807, 2.05) is 12.1 Å². The maximum atomic E-state index is 13.5. The van der Waals surface area contributed by atoms with Crippen LogP contribution in [0.25, 0.3) is 0 Å². The van der Waals surface area contributed by atoms with E-state index in [1.54, 1.807) is 49.5 Å². The second kappa shape index (κ2) is 10.2. The topological polar surface area (TPSA) is 91.4 Å². The van der Waals surface area contributed by atoms with Crippen molar-refractivity contribution in [1.29, 1.82) is 0 Å².